The largest absolute Gasteiger partial charge is 0.312 e. The van der Waals surface area contributed by atoms with E-state index in [9.17, 15) is 0 Å². The number of benzene rings is 1. The van der Waals surface area contributed by atoms with Crippen molar-refractivity contribution in [3.05, 3.63) is 34.9 Å². The Hall–Kier alpha value is -0.470. The number of hydrogen-bond donors (Lipinski definition) is 1. The Kier molecular flexibility index (Phi) is 4.93. The first-order valence-electron chi connectivity index (χ1n) is 6.65. The van der Waals surface area contributed by atoms with Crippen LogP contribution in [0.5, 0.6) is 0 Å². The van der Waals surface area contributed by atoms with Crippen LogP contribution in [-0.2, 0) is 6.54 Å². The summed E-state index contributed by atoms with van der Waals surface area (Å²) in [6.07, 6.45) is 4.23. The Balaban J connectivity index is 1.79. The topological polar surface area (TPSA) is 12.0 Å². The van der Waals surface area contributed by atoms with Gasteiger partial charge in [-0.3, -0.25) is 0 Å². The van der Waals surface area contributed by atoms with E-state index in [0.717, 1.165) is 18.3 Å². The molecule has 1 saturated heterocycles. The summed E-state index contributed by atoms with van der Waals surface area (Å²) in [5.74, 6) is 1.36. The van der Waals surface area contributed by atoms with Gasteiger partial charge in [0, 0.05) is 18.3 Å². The van der Waals surface area contributed by atoms with Crippen LogP contribution in [0, 0.1) is 13.8 Å². The van der Waals surface area contributed by atoms with Crippen LogP contribution in [0.4, 0.5) is 0 Å². The normalized spacial score (nSPS) is 20.5. The predicted octanol–water partition coefficient (Wildman–Crippen LogP) is 3.68. The van der Waals surface area contributed by atoms with E-state index in [2.05, 4.69) is 49.1 Å². The van der Waals surface area contributed by atoms with Gasteiger partial charge in [-0.2, -0.15) is 11.8 Å². The van der Waals surface area contributed by atoms with Crippen LogP contribution in [0.3, 0.4) is 0 Å². The molecule has 1 nitrogen and oxygen atoms in total. The van der Waals surface area contributed by atoms with Gasteiger partial charge < -0.3 is 5.32 Å². The van der Waals surface area contributed by atoms with E-state index >= 15 is 0 Å². The molecular formula is C15H23NS. The van der Waals surface area contributed by atoms with Crippen molar-refractivity contribution in [2.75, 3.05) is 12.3 Å². The second-order valence-electron chi connectivity index (χ2n) is 4.98. The van der Waals surface area contributed by atoms with Gasteiger partial charge in [0.15, 0.2) is 0 Å². The highest BCUT2D eigenvalue weighted by Crippen LogP contribution is 2.24. The zero-order valence-electron chi connectivity index (χ0n) is 11.0. The Morgan fingerprint density at radius 3 is 2.94 bits per heavy atom. The highest BCUT2D eigenvalue weighted by atomic mass is 32.2. The maximum absolute atomic E-state index is 3.62. The molecule has 1 aliphatic heterocycles. The van der Waals surface area contributed by atoms with Crippen LogP contribution in [0.15, 0.2) is 18.2 Å². The molecule has 1 atom stereocenters. The van der Waals surface area contributed by atoms with Gasteiger partial charge in [-0.05, 0) is 49.1 Å². The summed E-state index contributed by atoms with van der Waals surface area (Å²) in [6.45, 7) is 6.60. The number of aryl methyl sites for hydroxylation is 1. The molecule has 0 amide bonds. The molecule has 1 fully saturated rings. The molecule has 1 N–H and O–H groups in total. The molecule has 0 saturated carbocycles. The summed E-state index contributed by atoms with van der Waals surface area (Å²) in [5, 5.41) is 4.46. The van der Waals surface area contributed by atoms with Crippen molar-refractivity contribution in [2.45, 2.75) is 44.9 Å². The average molecular weight is 249 g/mol. The van der Waals surface area contributed by atoms with E-state index in [1.807, 2.05) is 0 Å². The third-order valence-corrected chi connectivity index (χ3v) is 5.08. The molecule has 1 aliphatic rings. The van der Waals surface area contributed by atoms with Gasteiger partial charge in [0.05, 0.1) is 0 Å². The van der Waals surface area contributed by atoms with Crippen molar-refractivity contribution in [2.24, 2.45) is 0 Å². The van der Waals surface area contributed by atoms with E-state index in [1.165, 1.54) is 41.7 Å². The minimum Gasteiger partial charge on any atom is -0.312 e. The van der Waals surface area contributed by atoms with E-state index in [4.69, 9.17) is 0 Å². The first-order valence-corrected chi connectivity index (χ1v) is 7.69. The van der Waals surface area contributed by atoms with E-state index < -0.39 is 0 Å². The monoisotopic (exact) mass is 249 g/mol. The standard InChI is InChI=1S/C15H23NS/c1-12-6-5-7-14(13(12)2)10-16-11-15-8-3-4-9-17-15/h5-7,15-16H,3-4,8-11H2,1-2H3. The van der Waals surface area contributed by atoms with Crippen LogP contribution in [0.2, 0.25) is 0 Å². The van der Waals surface area contributed by atoms with E-state index in [0.29, 0.717) is 0 Å². The SMILES string of the molecule is Cc1cccc(CNCC2CCCCS2)c1C. The van der Waals surface area contributed by atoms with Gasteiger partial charge in [-0.25, -0.2) is 0 Å². The highest BCUT2D eigenvalue weighted by molar-refractivity contribution is 7.99. The summed E-state index contributed by atoms with van der Waals surface area (Å²) < 4.78 is 0. The van der Waals surface area contributed by atoms with Crippen molar-refractivity contribution in [1.29, 1.82) is 0 Å². The number of thioether (sulfide) groups is 1. The first kappa shape index (κ1) is 13.0. The molecule has 1 aromatic carbocycles. The molecule has 0 spiro atoms. The van der Waals surface area contributed by atoms with Crippen LogP contribution in [0.25, 0.3) is 0 Å². The molecule has 0 bridgehead atoms. The fourth-order valence-electron chi connectivity index (χ4n) is 2.34. The Labute approximate surface area is 109 Å². The molecule has 1 heterocycles. The van der Waals surface area contributed by atoms with Gasteiger partial charge in [-0.15, -0.1) is 0 Å². The van der Waals surface area contributed by atoms with Crippen LogP contribution in [-0.4, -0.2) is 17.5 Å². The van der Waals surface area contributed by atoms with Gasteiger partial charge in [0.2, 0.25) is 0 Å². The van der Waals surface area contributed by atoms with Crippen molar-refractivity contribution < 1.29 is 0 Å². The Morgan fingerprint density at radius 2 is 2.18 bits per heavy atom. The van der Waals surface area contributed by atoms with Crippen molar-refractivity contribution >= 4 is 11.8 Å². The summed E-state index contributed by atoms with van der Waals surface area (Å²) >= 11 is 2.14. The second kappa shape index (κ2) is 6.46. The fourth-order valence-corrected chi connectivity index (χ4v) is 3.61. The van der Waals surface area contributed by atoms with Crippen LogP contribution >= 0.6 is 11.8 Å². The fraction of sp³-hybridized carbons (Fsp3) is 0.600. The quantitative estimate of drug-likeness (QED) is 0.873. The third-order valence-electron chi connectivity index (χ3n) is 3.68. The lowest BCUT2D eigenvalue weighted by molar-refractivity contribution is 0.597. The van der Waals surface area contributed by atoms with Gasteiger partial charge in [0.25, 0.3) is 0 Å². The molecule has 1 unspecified atom stereocenters. The first-order chi connectivity index (χ1) is 8.27. The zero-order chi connectivity index (χ0) is 12.1. The molecule has 0 aliphatic carbocycles. The van der Waals surface area contributed by atoms with Gasteiger partial charge in [-0.1, -0.05) is 24.6 Å². The molecule has 1 aromatic rings. The Morgan fingerprint density at radius 1 is 1.29 bits per heavy atom. The number of nitrogens with one attached hydrogen (secondary N) is 1. The summed E-state index contributed by atoms with van der Waals surface area (Å²) in [4.78, 5) is 0. The van der Waals surface area contributed by atoms with E-state index in [-0.39, 0.29) is 0 Å². The van der Waals surface area contributed by atoms with Crippen LogP contribution in [0.1, 0.15) is 36.0 Å². The van der Waals surface area contributed by atoms with Crippen molar-refractivity contribution in [3.63, 3.8) is 0 Å². The van der Waals surface area contributed by atoms with Gasteiger partial charge >= 0.3 is 0 Å². The number of rotatable bonds is 4. The molecule has 2 heteroatoms. The minimum atomic E-state index is 0.842. The summed E-state index contributed by atoms with van der Waals surface area (Å²) in [5.41, 5.74) is 4.29. The van der Waals surface area contributed by atoms with E-state index in [1.54, 1.807) is 0 Å². The maximum Gasteiger partial charge on any atom is 0.0208 e. The molecular weight excluding hydrogens is 226 g/mol. The number of hydrogen-bond acceptors (Lipinski definition) is 2. The predicted molar refractivity (Wildman–Crippen MR) is 77.7 cm³/mol. The third kappa shape index (κ3) is 3.75. The molecule has 0 radical (unpaired) electrons. The minimum absolute atomic E-state index is 0.842. The lowest BCUT2D eigenvalue weighted by Crippen LogP contribution is -2.26. The lowest BCUT2D eigenvalue weighted by atomic mass is 10.0. The van der Waals surface area contributed by atoms with Gasteiger partial charge in [0.1, 0.15) is 0 Å². The zero-order valence-corrected chi connectivity index (χ0v) is 11.8. The molecule has 2 rings (SSSR count). The molecule has 94 valence electrons. The molecule has 0 aromatic heterocycles. The summed E-state index contributed by atoms with van der Waals surface area (Å²) in [7, 11) is 0. The van der Waals surface area contributed by atoms with Crippen molar-refractivity contribution in [1.82, 2.24) is 5.32 Å². The smallest absolute Gasteiger partial charge is 0.0208 e. The lowest BCUT2D eigenvalue weighted by Gasteiger charge is -2.21. The summed E-state index contributed by atoms with van der Waals surface area (Å²) in [6, 6.07) is 6.59. The average Bonchev–Trinajstić information content (AvgIpc) is 2.36. The maximum atomic E-state index is 3.62. The molecule has 17 heavy (non-hydrogen) atoms. The van der Waals surface area contributed by atoms with Crippen LogP contribution < -0.4 is 5.32 Å². The highest BCUT2D eigenvalue weighted by Gasteiger charge is 2.13. The Bertz CT molecular complexity index is 356. The second-order valence-corrected chi connectivity index (χ2v) is 6.39. The van der Waals surface area contributed by atoms with Crippen molar-refractivity contribution in [3.8, 4) is 0 Å².